The molecule has 2 nitrogen and oxygen atoms in total. The Bertz CT molecular complexity index is 358. The molecule has 0 fully saturated rings. The standard InChI is InChI=1S/C11H14ClFO2/c1-4-15-10-8(12)6-5-7(9(10)13)11(2,3)14/h5-6,14H,4H2,1-3H3. The van der Waals surface area contributed by atoms with Gasteiger partial charge in [-0.1, -0.05) is 17.7 Å². The highest BCUT2D eigenvalue weighted by molar-refractivity contribution is 6.32. The van der Waals surface area contributed by atoms with E-state index in [0.717, 1.165) is 0 Å². The average molecular weight is 233 g/mol. The van der Waals surface area contributed by atoms with Gasteiger partial charge in [0.15, 0.2) is 11.6 Å². The van der Waals surface area contributed by atoms with Crippen molar-refractivity contribution in [1.29, 1.82) is 0 Å². The van der Waals surface area contributed by atoms with E-state index in [1.165, 1.54) is 26.0 Å². The first-order chi connectivity index (χ1) is 6.88. The van der Waals surface area contributed by atoms with Crippen LogP contribution in [0.3, 0.4) is 0 Å². The van der Waals surface area contributed by atoms with E-state index in [1.54, 1.807) is 6.92 Å². The van der Waals surface area contributed by atoms with Gasteiger partial charge in [0, 0.05) is 5.56 Å². The largest absolute Gasteiger partial charge is 0.489 e. The van der Waals surface area contributed by atoms with Gasteiger partial charge in [-0.05, 0) is 26.8 Å². The first-order valence-electron chi connectivity index (χ1n) is 4.71. The molecule has 15 heavy (non-hydrogen) atoms. The molecule has 0 unspecified atom stereocenters. The molecular weight excluding hydrogens is 219 g/mol. The van der Waals surface area contributed by atoms with E-state index in [9.17, 15) is 9.50 Å². The maximum Gasteiger partial charge on any atom is 0.173 e. The lowest BCUT2D eigenvalue weighted by atomic mass is 9.97. The fraction of sp³-hybridized carbons (Fsp3) is 0.455. The summed E-state index contributed by atoms with van der Waals surface area (Å²) in [7, 11) is 0. The third-order valence-corrected chi connectivity index (χ3v) is 2.29. The van der Waals surface area contributed by atoms with Gasteiger partial charge in [-0.3, -0.25) is 0 Å². The minimum absolute atomic E-state index is 0.00112. The first kappa shape index (κ1) is 12.3. The molecule has 84 valence electrons. The van der Waals surface area contributed by atoms with E-state index in [0.29, 0.717) is 6.61 Å². The van der Waals surface area contributed by atoms with E-state index in [1.807, 2.05) is 0 Å². The number of benzene rings is 1. The Hall–Kier alpha value is -0.800. The minimum Gasteiger partial charge on any atom is -0.489 e. The molecule has 0 saturated carbocycles. The number of hydrogen-bond donors (Lipinski definition) is 1. The van der Waals surface area contributed by atoms with E-state index < -0.39 is 11.4 Å². The van der Waals surface area contributed by atoms with Gasteiger partial charge in [-0.15, -0.1) is 0 Å². The van der Waals surface area contributed by atoms with Crippen LogP contribution in [0.25, 0.3) is 0 Å². The molecule has 0 aromatic heterocycles. The van der Waals surface area contributed by atoms with E-state index in [2.05, 4.69) is 0 Å². The summed E-state index contributed by atoms with van der Waals surface area (Å²) in [5.74, 6) is -0.601. The molecular formula is C11H14ClFO2. The molecule has 4 heteroatoms. The molecule has 1 rings (SSSR count). The molecule has 0 heterocycles. The van der Waals surface area contributed by atoms with Gasteiger partial charge >= 0.3 is 0 Å². The molecule has 0 aliphatic rings. The highest BCUT2D eigenvalue weighted by Gasteiger charge is 2.24. The van der Waals surface area contributed by atoms with Gasteiger partial charge in [0.05, 0.1) is 17.2 Å². The van der Waals surface area contributed by atoms with Crippen molar-refractivity contribution in [2.75, 3.05) is 6.61 Å². The van der Waals surface area contributed by atoms with E-state index >= 15 is 0 Å². The number of aliphatic hydroxyl groups is 1. The second-order valence-electron chi connectivity index (χ2n) is 3.73. The van der Waals surface area contributed by atoms with Gasteiger partial charge in [0.2, 0.25) is 0 Å². The van der Waals surface area contributed by atoms with Gasteiger partial charge < -0.3 is 9.84 Å². The summed E-state index contributed by atoms with van der Waals surface area (Å²) < 4.78 is 18.9. The number of halogens is 2. The normalized spacial score (nSPS) is 11.6. The zero-order chi connectivity index (χ0) is 11.6. The fourth-order valence-corrected chi connectivity index (χ4v) is 1.48. The lowest BCUT2D eigenvalue weighted by Gasteiger charge is -2.20. The first-order valence-corrected chi connectivity index (χ1v) is 5.09. The Kier molecular flexibility index (Phi) is 3.58. The molecule has 1 aromatic rings. The molecule has 0 amide bonds. The highest BCUT2D eigenvalue weighted by Crippen LogP contribution is 2.34. The smallest absolute Gasteiger partial charge is 0.173 e. The molecule has 0 saturated heterocycles. The van der Waals surface area contributed by atoms with Crippen molar-refractivity contribution >= 4 is 11.6 Å². The summed E-state index contributed by atoms with van der Waals surface area (Å²) in [6, 6.07) is 2.98. The molecule has 1 aromatic carbocycles. The lowest BCUT2D eigenvalue weighted by Crippen LogP contribution is -2.18. The molecule has 0 spiro atoms. The van der Waals surface area contributed by atoms with Crippen LogP contribution < -0.4 is 4.74 Å². The predicted molar refractivity (Wildman–Crippen MR) is 57.8 cm³/mol. The van der Waals surface area contributed by atoms with Crippen molar-refractivity contribution in [3.8, 4) is 5.75 Å². The van der Waals surface area contributed by atoms with Crippen molar-refractivity contribution in [2.45, 2.75) is 26.4 Å². The summed E-state index contributed by atoms with van der Waals surface area (Å²) in [5, 5.41) is 9.93. The summed E-state index contributed by atoms with van der Waals surface area (Å²) in [5.41, 5.74) is -1.07. The summed E-state index contributed by atoms with van der Waals surface area (Å²) >= 11 is 5.78. The van der Waals surface area contributed by atoms with Crippen LogP contribution in [-0.4, -0.2) is 11.7 Å². The Morgan fingerprint density at radius 1 is 1.47 bits per heavy atom. The van der Waals surface area contributed by atoms with E-state index in [-0.39, 0.29) is 16.3 Å². The summed E-state index contributed by atoms with van der Waals surface area (Å²) in [6.07, 6.45) is 0. The maximum atomic E-state index is 13.8. The van der Waals surface area contributed by atoms with Crippen LogP contribution in [0.5, 0.6) is 5.75 Å². The van der Waals surface area contributed by atoms with Gasteiger partial charge in [0.25, 0.3) is 0 Å². The quantitative estimate of drug-likeness (QED) is 0.868. The van der Waals surface area contributed by atoms with Crippen LogP contribution in [0.2, 0.25) is 5.02 Å². The number of rotatable bonds is 3. The van der Waals surface area contributed by atoms with Crippen molar-refractivity contribution in [2.24, 2.45) is 0 Å². The lowest BCUT2D eigenvalue weighted by molar-refractivity contribution is 0.0738. The second-order valence-corrected chi connectivity index (χ2v) is 4.14. The van der Waals surface area contributed by atoms with Crippen LogP contribution in [0.1, 0.15) is 26.3 Å². The third-order valence-electron chi connectivity index (χ3n) is 2.00. The predicted octanol–water partition coefficient (Wildman–Crippen LogP) is 3.11. The molecule has 0 atom stereocenters. The van der Waals surface area contributed by atoms with Crippen LogP contribution in [0.4, 0.5) is 4.39 Å². The fourth-order valence-electron chi connectivity index (χ4n) is 1.28. The Morgan fingerprint density at radius 2 is 2.07 bits per heavy atom. The van der Waals surface area contributed by atoms with Crippen molar-refractivity contribution < 1.29 is 14.2 Å². The molecule has 1 N–H and O–H groups in total. The van der Waals surface area contributed by atoms with Crippen LogP contribution in [-0.2, 0) is 5.60 Å². The van der Waals surface area contributed by atoms with Gasteiger partial charge in [-0.25, -0.2) is 4.39 Å². The monoisotopic (exact) mass is 232 g/mol. The maximum absolute atomic E-state index is 13.8. The average Bonchev–Trinajstić information content (AvgIpc) is 2.09. The van der Waals surface area contributed by atoms with Crippen LogP contribution in [0, 0.1) is 5.82 Å². The third kappa shape index (κ3) is 2.61. The zero-order valence-corrected chi connectivity index (χ0v) is 9.73. The topological polar surface area (TPSA) is 29.5 Å². The van der Waals surface area contributed by atoms with Crippen LogP contribution >= 0.6 is 11.6 Å². The summed E-state index contributed by atoms with van der Waals surface area (Å²) in [4.78, 5) is 0. The molecule has 0 radical (unpaired) electrons. The molecule has 0 aliphatic carbocycles. The number of hydrogen-bond acceptors (Lipinski definition) is 2. The van der Waals surface area contributed by atoms with Crippen molar-refractivity contribution in [3.05, 3.63) is 28.5 Å². The minimum atomic E-state index is -1.25. The Labute approximate surface area is 93.6 Å². The highest BCUT2D eigenvalue weighted by atomic mass is 35.5. The Morgan fingerprint density at radius 3 is 2.53 bits per heavy atom. The summed E-state index contributed by atoms with van der Waals surface area (Å²) in [6.45, 7) is 5.09. The number of ether oxygens (including phenoxy) is 1. The second kappa shape index (κ2) is 4.37. The molecule has 0 bridgehead atoms. The van der Waals surface area contributed by atoms with Gasteiger partial charge in [0.1, 0.15) is 0 Å². The molecule has 0 aliphatic heterocycles. The van der Waals surface area contributed by atoms with Crippen molar-refractivity contribution in [1.82, 2.24) is 0 Å². The zero-order valence-electron chi connectivity index (χ0n) is 8.97. The van der Waals surface area contributed by atoms with E-state index in [4.69, 9.17) is 16.3 Å². The van der Waals surface area contributed by atoms with Crippen LogP contribution in [0.15, 0.2) is 12.1 Å². The Balaban J connectivity index is 3.28. The SMILES string of the molecule is CCOc1c(Cl)ccc(C(C)(C)O)c1F. The van der Waals surface area contributed by atoms with Gasteiger partial charge in [-0.2, -0.15) is 0 Å². The van der Waals surface area contributed by atoms with Crippen molar-refractivity contribution in [3.63, 3.8) is 0 Å².